The van der Waals surface area contributed by atoms with E-state index < -0.39 is 5.91 Å². The van der Waals surface area contributed by atoms with E-state index in [9.17, 15) is 9.59 Å². The van der Waals surface area contributed by atoms with Gasteiger partial charge in [0.15, 0.2) is 0 Å². The predicted octanol–water partition coefficient (Wildman–Crippen LogP) is 6.05. The number of aromatic amines is 1. The minimum atomic E-state index is -0.416. The molecule has 2 N–H and O–H groups in total. The second kappa shape index (κ2) is 9.86. The van der Waals surface area contributed by atoms with Crippen LogP contribution in [0, 0.1) is 6.92 Å². The van der Waals surface area contributed by atoms with E-state index >= 15 is 0 Å². The van der Waals surface area contributed by atoms with Crippen molar-refractivity contribution < 1.29 is 9.53 Å². The van der Waals surface area contributed by atoms with Crippen molar-refractivity contribution in [1.82, 2.24) is 4.98 Å². The van der Waals surface area contributed by atoms with Gasteiger partial charge in [-0.15, -0.1) is 0 Å². The molecule has 1 aromatic heterocycles. The zero-order valence-electron chi connectivity index (χ0n) is 18.7. The number of carbonyl (C=O) groups excluding carboxylic acids is 1. The normalized spacial score (nSPS) is 14.2. The number of anilines is 1. The van der Waals surface area contributed by atoms with Gasteiger partial charge in [-0.2, -0.15) is 0 Å². The van der Waals surface area contributed by atoms with E-state index in [1.54, 1.807) is 24.3 Å². The van der Waals surface area contributed by atoms with Crippen LogP contribution in [0.4, 0.5) is 5.69 Å². The zero-order chi connectivity index (χ0) is 22.5. The SMILES string of the molecule is CCOc1ccc(NC(=O)c2c(-c3ccc(C)cc3)cc(C3CCCCC3)[nH]c2=O)cc1. The summed E-state index contributed by atoms with van der Waals surface area (Å²) in [6.07, 6.45) is 5.73. The number of aryl methyl sites for hydroxylation is 1. The number of hydrogen-bond acceptors (Lipinski definition) is 3. The molecule has 5 heteroatoms. The monoisotopic (exact) mass is 430 g/mol. The molecular weight excluding hydrogens is 400 g/mol. The molecule has 0 saturated heterocycles. The fourth-order valence-corrected chi connectivity index (χ4v) is 4.39. The first-order valence-electron chi connectivity index (χ1n) is 11.4. The number of nitrogens with one attached hydrogen (secondary N) is 2. The number of H-pyrrole nitrogens is 1. The minimum Gasteiger partial charge on any atom is -0.494 e. The fourth-order valence-electron chi connectivity index (χ4n) is 4.39. The minimum absolute atomic E-state index is 0.141. The Bertz CT molecular complexity index is 1130. The highest BCUT2D eigenvalue weighted by atomic mass is 16.5. The van der Waals surface area contributed by atoms with Gasteiger partial charge in [0.1, 0.15) is 11.3 Å². The zero-order valence-corrected chi connectivity index (χ0v) is 18.7. The summed E-state index contributed by atoms with van der Waals surface area (Å²) in [4.78, 5) is 29.4. The number of pyridine rings is 1. The molecule has 1 heterocycles. The molecule has 0 atom stereocenters. The quantitative estimate of drug-likeness (QED) is 0.500. The highest BCUT2D eigenvalue weighted by molar-refractivity contribution is 6.08. The predicted molar refractivity (Wildman–Crippen MR) is 129 cm³/mol. The van der Waals surface area contributed by atoms with Crippen LogP contribution in [0.15, 0.2) is 59.4 Å². The van der Waals surface area contributed by atoms with Crippen molar-refractivity contribution in [2.45, 2.75) is 51.9 Å². The number of amides is 1. The van der Waals surface area contributed by atoms with Crippen LogP contribution in [0.2, 0.25) is 0 Å². The van der Waals surface area contributed by atoms with E-state index in [2.05, 4.69) is 10.3 Å². The highest BCUT2D eigenvalue weighted by Gasteiger charge is 2.23. The fraction of sp³-hybridized carbons (Fsp3) is 0.333. The van der Waals surface area contributed by atoms with Crippen LogP contribution in [-0.2, 0) is 0 Å². The molecule has 1 saturated carbocycles. The molecule has 0 spiro atoms. The number of rotatable bonds is 6. The Labute approximate surface area is 188 Å². The molecule has 0 unspecified atom stereocenters. The van der Waals surface area contributed by atoms with Gasteiger partial charge in [-0.05, 0) is 68.5 Å². The van der Waals surface area contributed by atoms with E-state index in [0.717, 1.165) is 35.4 Å². The van der Waals surface area contributed by atoms with Crippen LogP contribution >= 0.6 is 0 Å². The topological polar surface area (TPSA) is 71.2 Å². The van der Waals surface area contributed by atoms with E-state index in [4.69, 9.17) is 4.74 Å². The molecule has 5 nitrogen and oxygen atoms in total. The number of ether oxygens (including phenoxy) is 1. The summed E-state index contributed by atoms with van der Waals surface area (Å²) in [5.41, 5.74) is 4.03. The largest absolute Gasteiger partial charge is 0.494 e. The Morgan fingerprint density at radius 3 is 2.38 bits per heavy atom. The molecule has 1 aliphatic rings. The van der Waals surface area contributed by atoms with Gasteiger partial charge in [0, 0.05) is 16.9 Å². The second-order valence-electron chi connectivity index (χ2n) is 8.45. The molecule has 32 heavy (non-hydrogen) atoms. The molecule has 0 bridgehead atoms. The lowest BCUT2D eigenvalue weighted by molar-refractivity contribution is 0.102. The molecule has 3 aromatic rings. The van der Waals surface area contributed by atoms with Crippen molar-refractivity contribution in [2.75, 3.05) is 11.9 Å². The first kappa shape index (κ1) is 21.9. The van der Waals surface area contributed by atoms with Crippen molar-refractivity contribution in [3.05, 3.63) is 81.8 Å². The van der Waals surface area contributed by atoms with E-state index in [1.165, 1.54) is 19.3 Å². The molecule has 1 aliphatic carbocycles. The third-order valence-electron chi connectivity index (χ3n) is 6.11. The number of carbonyl (C=O) groups is 1. The van der Waals surface area contributed by atoms with Crippen LogP contribution in [0.5, 0.6) is 5.75 Å². The molecule has 1 amide bonds. The van der Waals surface area contributed by atoms with E-state index in [-0.39, 0.29) is 11.1 Å². The first-order valence-corrected chi connectivity index (χ1v) is 11.4. The smallest absolute Gasteiger partial charge is 0.261 e. The lowest BCUT2D eigenvalue weighted by Crippen LogP contribution is -2.26. The third kappa shape index (κ3) is 4.93. The number of hydrogen-bond donors (Lipinski definition) is 2. The van der Waals surface area contributed by atoms with Gasteiger partial charge in [0.25, 0.3) is 11.5 Å². The second-order valence-corrected chi connectivity index (χ2v) is 8.45. The molecular formula is C27H30N2O3. The molecule has 4 rings (SSSR count). The Balaban J connectivity index is 1.71. The summed E-state index contributed by atoms with van der Waals surface area (Å²) >= 11 is 0. The third-order valence-corrected chi connectivity index (χ3v) is 6.11. The van der Waals surface area contributed by atoms with Gasteiger partial charge < -0.3 is 15.0 Å². The Hall–Kier alpha value is -3.34. The van der Waals surface area contributed by atoms with Gasteiger partial charge in [-0.1, -0.05) is 49.1 Å². The molecule has 2 aromatic carbocycles. The summed E-state index contributed by atoms with van der Waals surface area (Å²) < 4.78 is 5.46. The van der Waals surface area contributed by atoms with Gasteiger partial charge in [-0.3, -0.25) is 9.59 Å². The average Bonchev–Trinajstić information content (AvgIpc) is 2.81. The van der Waals surface area contributed by atoms with Crippen molar-refractivity contribution >= 4 is 11.6 Å². The summed E-state index contributed by atoms with van der Waals surface area (Å²) in [5.74, 6) is 0.658. The van der Waals surface area contributed by atoms with E-state index in [1.807, 2.05) is 44.2 Å². The summed E-state index contributed by atoms with van der Waals surface area (Å²) in [6, 6.07) is 17.1. The van der Waals surface area contributed by atoms with Crippen LogP contribution < -0.4 is 15.6 Å². The Morgan fingerprint density at radius 1 is 1.03 bits per heavy atom. The van der Waals surface area contributed by atoms with Crippen molar-refractivity contribution in [3.8, 4) is 16.9 Å². The van der Waals surface area contributed by atoms with E-state index in [0.29, 0.717) is 23.8 Å². The maximum absolute atomic E-state index is 13.2. The van der Waals surface area contributed by atoms with Gasteiger partial charge in [-0.25, -0.2) is 0 Å². The van der Waals surface area contributed by atoms with Crippen molar-refractivity contribution in [3.63, 3.8) is 0 Å². The van der Waals surface area contributed by atoms with Crippen LogP contribution in [0.1, 0.15) is 66.6 Å². The molecule has 1 fully saturated rings. The lowest BCUT2D eigenvalue weighted by atomic mass is 9.85. The van der Waals surface area contributed by atoms with Crippen molar-refractivity contribution in [2.24, 2.45) is 0 Å². The van der Waals surface area contributed by atoms with Crippen LogP contribution in [0.25, 0.3) is 11.1 Å². The Kier molecular flexibility index (Phi) is 6.74. The average molecular weight is 431 g/mol. The number of benzene rings is 2. The van der Waals surface area contributed by atoms with Crippen LogP contribution in [-0.4, -0.2) is 17.5 Å². The molecule has 0 radical (unpaired) electrons. The highest BCUT2D eigenvalue weighted by Crippen LogP contribution is 2.34. The van der Waals surface area contributed by atoms with Crippen molar-refractivity contribution in [1.29, 1.82) is 0 Å². The maximum atomic E-state index is 13.2. The number of aromatic nitrogens is 1. The van der Waals surface area contributed by atoms with Crippen LogP contribution in [0.3, 0.4) is 0 Å². The summed E-state index contributed by atoms with van der Waals surface area (Å²) in [7, 11) is 0. The first-order chi connectivity index (χ1) is 15.5. The summed E-state index contributed by atoms with van der Waals surface area (Å²) in [6.45, 7) is 4.52. The van der Waals surface area contributed by atoms with Gasteiger partial charge in [0.05, 0.1) is 6.61 Å². The van der Waals surface area contributed by atoms with Gasteiger partial charge >= 0.3 is 0 Å². The Morgan fingerprint density at radius 2 is 1.72 bits per heavy atom. The maximum Gasteiger partial charge on any atom is 0.261 e. The van der Waals surface area contributed by atoms with Gasteiger partial charge in [0.2, 0.25) is 0 Å². The summed E-state index contributed by atoms with van der Waals surface area (Å²) in [5, 5.41) is 2.87. The molecule has 0 aliphatic heterocycles. The lowest BCUT2D eigenvalue weighted by Gasteiger charge is -2.23. The molecule has 166 valence electrons. The standard InChI is InChI=1S/C27H30N2O3/c1-3-32-22-15-13-21(14-16-22)28-26(30)25-23(19-11-9-18(2)10-12-19)17-24(29-27(25)31)20-7-5-4-6-8-20/h9-17,20H,3-8H2,1-2H3,(H,28,30)(H,29,31).